The van der Waals surface area contributed by atoms with Crippen LogP contribution < -0.4 is 61.4 Å². The number of amides is 5. The molecule has 0 radical (unpaired) electrons. The van der Waals surface area contributed by atoms with E-state index in [0.717, 1.165) is 19.3 Å². The van der Waals surface area contributed by atoms with Crippen molar-refractivity contribution in [2.45, 2.75) is 160 Å². The van der Waals surface area contributed by atoms with E-state index in [9.17, 15) is 24.0 Å². The summed E-state index contributed by atoms with van der Waals surface area (Å²) in [5.41, 5.74) is 37.9. The van der Waals surface area contributed by atoms with Crippen LogP contribution in [0, 0.1) is 0 Å². The number of primary amides is 1. The molecule has 5 amide bonds. The lowest BCUT2D eigenvalue weighted by Crippen LogP contribution is -2.56. The average molecular weight is 795 g/mol. The molecule has 0 aromatic heterocycles. The molecule has 0 aliphatic carbocycles. The molecule has 0 aliphatic heterocycles. The van der Waals surface area contributed by atoms with Gasteiger partial charge in [0.15, 0.2) is 17.9 Å². The first-order chi connectivity index (χ1) is 26.8. The SMILES string of the molecule is CCCCCCCCCCCCCCCC(=O)NCCC(=O)N[C@@H](CCCN=C(N)N)C(=O)N[C@@H](CCCN=C(N)N)C(=O)N[C@@H](CCCN=C(N)N)C(N)=O. The number of rotatable bonds is 35. The van der Waals surface area contributed by atoms with Gasteiger partial charge in [-0.15, -0.1) is 0 Å². The highest BCUT2D eigenvalue weighted by Gasteiger charge is 2.29. The fourth-order valence-corrected chi connectivity index (χ4v) is 5.85. The molecule has 3 atom stereocenters. The number of nitrogens with zero attached hydrogens (tertiary/aromatic N) is 3. The molecule has 0 fully saturated rings. The summed E-state index contributed by atoms with van der Waals surface area (Å²) in [6, 6.07) is -3.28. The highest BCUT2D eigenvalue weighted by atomic mass is 16.2. The summed E-state index contributed by atoms with van der Waals surface area (Å²) in [6.45, 7) is 2.91. The van der Waals surface area contributed by atoms with Gasteiger partial charge in [-0.1, -0.05) is 84.0 Å². The van der Waals surface area contributed by atoms with Gasteiger partial charge in [-0.3, -0.25) is 38.9 Å². The Morgan fingerprint density at radius 1 is 0.446 bits per heavy atom. The van der Waals surface area contributed by atoms with Gasteiger partial charge in [0, 0.05) is 39.0 Å². The van der Waals surface area contributed by atoms with Crippen LogP contribution in [0.1, 0.15) is 142 Å². The molecule has 0 rings (SSSR count). The second-order valence-electron chi connectivity index (χ2n) is 14.1. The van der Waals surface area contributed by atoms with E-state index in [2.05, 4.69) is 43.2 Å². The maximum Gasteiger partial charge on any atom is 0.243 e. The monoisotopic (exact) mass is 795 g/mol. The van der Waals surface area contributed by atoms with Crippen molar-refractivity contribution in [2.75, 3.05) is 26.2 Å². The lowest BCUT2D eigenvalue weighted by atomic mass is 10.0. The van der Waals surface area contributed by atoms with Gasteiger partial charge in [-0.2, -0.15) is 0 Å². The number of carbonyl (C=O) groups is 5. The molecule has 0 bridgehead atoms. The Morgan fingerprint density at radius 3 is 1.23 bits per heavy atom. The van der Waals surface area contributed by atoms with Crippen molar-refractivity contribution in [3.8, 4) is 0 Å². The Balaban J connectivity index is 5.13. The highest BCUT2D eigenvalue weighted by molar-refractivity contribution is 5.94. The molecule has 0 saturated carbocycles. The van der Waals surface area contributed by atoms with Gasteiger partial charge in [0.05, 0.1) is 0 Å². The minimum Gasteiger partial charge on any atom is -0.370 e. The average Bonchev–Trinajstić information content (AvgIpc) is 3.13. The van der Waals surface area contributed by atoms with E-state index < -0.39 is 41.8 Å². The Morgan fingerprint density at radius 2 is 0.821 bits per heavy atom. The number of aliphatic imine (C=N–C) groups is 3. The molecule has 0 heterocycles. The number of hydrogen-bond donors (Lipinski definition) is 11. The molecule has 0 spiro atoms. The van der Waals surface area contributed by atoms with E-state index in [-0.39, 0.29) is 75.6 Å². The van der Waals surface area contributed by atoms with Crippen LogP contribution in [-0.4, -0.2) is 91.7 Å². The minimum absolute atomic E-state index is 0.0649. The Labute approximate surface area is 333 Å². The smallest absolute Gasteiger partial charge is 0.243 e. The first-order valence-corrected chi connectivity index (χ1v) is 20.4. The second kappa shape index (κ2) is 33.5. The van der Waals surface area contributed by atoms with E-state index in [0.29, 0.717) is 25.7 Å². The van der Waals surface area contributed by atoms with Crippen LogP contribution in [0.15, 0.2) is 15.0 Å². The maximum atomic E-state index is 13.6. The van der Waals surface area contributed by atoms with Crippen LogP contribution in [0.2, 0.25) is 0 Å². The van der Waals surface area contributed by atoms with Gasteiger partial charge in [0.25, 0.3) is 0 Å². The summed E-state index contributed by atoms with van der Waals surface area (Å²) >= 11 is 0. The normalized spacial score (nSPS) is 12.3. The topological polar surface area (TPSA) is 353 Å². The van der Waals surface area contributed by atoms with Crippen LogP contribution in [0.25, 0.3) is 0 Å². The molecule has 56 heavy (non-hydrogen) atoms. The summed E-state index contributed by atoms with van der Waals surface area (Å²) in [7, 11) is 0. The molecule has 0 unspecified atom stereocenters. The lowest BCUT2D eigenvalue weighted by molar-refractivity contribution is -0.133. The predicted octanol–water partition coefficient (Wildman–Crippen LogP) is 0.0745. The summed E-state index contributed by atoms with van der Waals surface area (Å²) in [5, 5.41) is 10.7. The van der Waals surface area contributed by atoms with Crippen molar-refractivity contribution in [3.63, 3.8) is 0 Å². The number of unbranched alkanes of at least 4 members (excludes halogenated alkanes) is 12. The standard InChI is InChI=1S/C37H74N14O5/c1-2-3-4-5-6-7-8-9-10-11-12-13-14-21-30(52)45-26-22-31(53)49-28(19-16-24-47-36(41)42)33(55)51-29(20-17-25-48-37(43)44)34(56)50-27(32(38)54)18-15-23-46-35(39)40/h27-29H,2-26H2,1H3,(H2,38,54)(H,45,52)(H,49,53)(H,50,56)(H,51,55)(H4,39,40,46)(H4,41,42,47)(H4,43,44,48)/t27-,28-,29-/m0/s1. The number of nitrogens with two attached hydrogens (primary N) is 7. The van der Waals surface area contributed by atoms with Crippen molar-refractivity contribution in [3.05, 3.63) is 0 Å². The summed E-state index contributed by atoms with van der Waals surface area (Å²) in [6.07, 6.45) is 17.5. The van der Waals surface area contributed by atoms with Crippen LogP contribution >= 0.6 is 0 Å². The predicted molar refractivity (Wildman–Crippen MR) is 223 cm³/mol. The molecule has 0 aromatic rings. The number of hydrogen-bond acceptors (Lipinski definition) is 8. The quantitative estimate of drug-likeness (QED) is 0.0232. The first-order valence-electron chi connectivity index (χ1n) is 20.4. The maximum absolute atomic E-state index is 13.6. The van der Waals surface area contributed by atoms with E-state index in [4.69, 9.17) is 40.1 Å². The van der Waals surface area contributed by atoms with Crippen LogP contribution in [0.4, 0.5) is 0 Å². The van der Waals surface area contributed by atoms with Gasteiger partial charge in [0.1, 0.15) is 18.1 Å². The van der Waals surface area contributed by atoms with Crippen molar-refractivity contribution in [1.82, 2.24) is 21.3 Å². The third-order valence-corrected chi connectivity index (χ3v) is 8.96. The molecule has 0 aliphatic rings. The fourth-order valence-electron chi connectivity index (χ4n) is 5.85. The highest BCUT2D eigenvalue weighted by Crippen LogP contribution is 2.13. The fraction of sp³-hybridized carbons (Fsp3) is 0.784. The summed E-state index contributed by atoms with van der Waals surface area (Å²) in [4.78, 5) is 76.2. The van der Waals surface area contributed by atoms with E-state index in [1.807, 2.05) is 0 Å². The van der Waals surface area contributed by atoms with Gasteiger partial charge < -0.3 is 61.4 Å². The molecular formula is C37H74N14O5. The van der Waals surface area contributed by atoms with Crippen LogP contribution in [0.5, 0.6) is 0 Å². The number of carbonyl (C=O) groups excluding carboxylic acids is 5. The second-order valence-corrected chi connectivity index (χ2v) is 14.1. The number of nitrogens with one attached hydrogen (secondary N) is 4. The number of guanidine groups is 3. The van der Waals surface area contributed by atoms with E-state index >= 15 is 0 Å². The Hall–Kier alpha value is -4.84. The molecule has 18 N–H and O–H groups in total. The molecule has 19 heteroatoms. The molecule has 19 nitrogen and oxygen atoms in total. The largest absolute Gasteiger partial charge is 0.370 e. The van der Waals surface area contributed by atoms with Gasteiger partial charge in [-0.05, 0) is 44.9 Å². The van der Waals surface area contributed by atoms with Crippen LogP contribution in [-0.2, 0) is 24.0 Å². The van der Waals surface area contributed by atoms with Crippen molar-refractivity contribution >= 4 is 47.4 Å². The minimum atomic E-state index is -1.14. The van der Waals surface area contributed by atoms with E-state index in [1.54, 1.807) is 0 Å². The third kappa shape index (κ3) is 30.5. The zero-order valence-electron chi connectivity index (χ0n) is 33.8. The van der Waals surface area contributed by atoms with Crippen molar-refractivity contribution < 1.29 is 24.0 Å². The first kappa shape index (κ1) is 51.2. The zero-order chi connectivity index (χ0) is 42.0. The van der Waals surface area contributed by atoms with Gasteiger partial charge in [0.2, 0.25) is 29.5 Å². The zero-order valence-corrected chi connectivity index (χ0v) is 33.8. The Kier molecular flexibility index (Phi) is 30.6. The van der Waals surface area contributed by atoms with Crippen LogP contribution in [0.3, 0.4) is 0 Å². The molecule has 322 valence electrons. The van der Waals surface area contributed by atoms with Crippen molar-refractivity contribution in [1.29, 1.82) is 0 Å². The lowest BCUT2D eigenvalue weighted by Gasteiger charge is -2.25. The van der Waals surface area contributed by atoms with Gasteiger partial charge >= 0.3 is 0 Å². The molecule has 0 saturated heterocycles. The summed E-state index contributed by atoms with van der Waals surface area (Å²) < 4.78 is 0. The van der Waals surface area contributed by atoms with Gasteiger partial charge in [-0.25, -0.2) is 0 Å². The molecular weight excluding hydrogens is 720 g/mol. The van der Waals surface area contributed by atoms with Crippen molar-refractivity contribution in [2.24, 2.45) is 55.1 Å². The third-order valence-electron chi connectivity index (χ3n) is 8.96. The molecule has 0 aromatic carbocycles. The summed E-state index contributed by atoms with van der Waals surface area (Å²) in [5.74, 6) is -3.09. The van der Waals surface area contributed by atoms with E-state index in [1.165, 1.54) is 64.2 Å². The Bertz CT molecular complexity index is 1220.